The molecule has 0 aliphatic carbocycles. The Morgan fingerprint density at radius 2 is 2.06 bits per heavy atom. The molecule has 94 valence electrons. The first-order valence-electron chi connectivity index (χ1n) is 5.91. The van der Waals surface area contributed by atoms with Crippen molar-refractivity contribution in [3.8, 4) is 11.5 Å². The van der Waals surface area contributed by atoms with Crippen molar-refractivity contribution in [2.45, 2.75) is 26.6 Å². The molecular weight excluding hydrogens is 218 g/mol. The predicted octanol–water partition coefficient (Wildman–Crippen LogP) is 1.92. The third-order valence-corrected chi connectivity index (χ3v) is 2.88. The van der Waals surface area contributed by atoms with Crippen LogP contribution in [0.4, 0.5) is 0 Å². The fraction of sp³-hybridized carbons (Fsp3) is 0.538. The smallest absolute Gasteiger partial charge is 0.231 e. The number of rotatable bonds is 5. The van der Waals surface area contributed by atoms with Gasteiger partial charge in [-0.05, 0) is 23.6 Å². The van der Waals surface area contributed by atoms with Crippen LogP contribution >= 0.6 is 0 Å². The number of benzene rings is 1. The van der Waals surface area contributed by atoms with E-state index in [0.717, 1.165) is 17.1 Å². The van der Waals surface area contributed by atoms with Crippen molar-refractivity contribution in [1.82, 2.24) is 0 Å². The lowest BCUT2D eigenvalue weighted by Gasteiger charge is -2.19. The van der Waals surface area contributed by atoms with Gasteiger partial charge in [0, 0.05) is 6.54 Å². The highest BCUT2D eigenvalue weighted by atomic mass is 16.7. The van der Waals surface area contributed by atoms with Gasteiger partial charge in [-0.15, -0.1) is 0 Å². The van der Waals surface area contributed by atoms with Gasteiger partial charge in [-0.1, -0.05) is 19.9 Å². The second-order valence-corrected chi connectivity index (χ2v) is 4.52. The molecule has 0 fully saturated rings. The van der Waals surface area contributed by atoms with Crippen molar-refractivity contribution in [3.05, 3.63) is 23.8 Å². The molecule has 1 aliphatic rings. The SMILES string of the molecule is CC(C)C(CN)OCc1ccc2c(c1)OCO2. The van der Waals surface area contributed by atoms with Gasteiger partial charge in [-0.3, -0.25) is 0 Å². The first-order chi connectivity index (χ1) is 8.20. The summed E-state index contributed by atoms with van der Waals surface area (Å²) < 4.78 is 16.3. The molecule has 0 spiro atoms. The Balaban J connectivity index is 1.95. The summed E-state index contributed by atoms with van der Waals surface area (Å²) in [7, 11) is 0. The fourth-order valence-electron chi connectivity index (χ4n) is 1.77. The summed E-state index contributed by atoms with van der Waals surface area (Å²) >= 11 is 0. The normalized spacial score (nSPS) is 15.3. The van der Waals surface area contributed by atoms with Crippen molar-refractivity contribution in [2.75, 3.05) is 13.3 Å². The summed E-state index contributed by atoms with van der Waals surface area (Å²) in [6.45, 7) is 5.62. The van der Waals surface area contributed by atoms with Gasteiger partial charge < -0.3 is 19.9 Å². The zero-order valence-corrected chi connectivity index (χ0v) is 10.3. The summed E-state index contributed by atoms with van der Waals surface area (Å²) in [5.41, 5.74) is 6.74. The van der Waals surface area contributed by atoms with E-state index in [1.54, 1.807) is 0 Å². The molecule has 1 aromatic carbocycles. The highest BCUT2D eigenvalue weighted by molar-refractivity contribution is 5.44. The van der Waals surface area contributed by atoms with Gasteiger partial charge >= 0.3 is 0 Å². The van der Waals surface area contributed by atoms with Crippen LogP contribution < -0.4 is 15.2 Å². The van der Waals surface area contributed by atoms with E-state index in [2.05, 4.69) is 13.8 Å². The van der Waals surface area contributed by atoms with Crippen molar-refractivity contribution < 1.29 is 14.2 Å². The highest BCUT2D eigenvalue weighted by Gasteiger charge is 2.15. The maximum Gasteiger partial charge on any atom is 0.231 e. The van der Waals surface area contributed by atoms with Crippen molar-refractivity contribution in [2.24, 2.45) is 11.7 Å². The quantitative estimate of drug-likeness (QED) is 0.850. The number of hydrogen-bond acceptors (Lipinski definition) is 4. The van der Waals surface area contributed by atoms with Gasteiger partial charge in [0.05, 0.1) is 12.7 Å². The Morgan fingerprint density at radius 3 is 2.76 bits per heavy atom. The molecule has 1 aromatic rings. The van der Waals surface area contributed by atoms with Crippen LogP contribution in [0.25, 0.3) is 0 Å². The van der Waals surface area contributed by atoms with Crippen molar-refractivity contribution in [1.29, 1.82) is 0 Å². The van der Waals surface area contributed by atoms with E-state index >= 15 is 0 Å². The lowest BCUT2D eigenvalue weighted by Crippen LogP contribution is -2.28. The number of nitrogens with two attached hydrogens (primary N) is 1. The lowest BCUT2D eigenvalue weighted by atomic mass is 10.1. The summed E-state index contributed by atoms with van der Waals surface area (Å²) in [5, 5.41) is 0. The Bertz CT molecular complexity index is 379. The van der Waals surface area contributed by atoms with Gasteiger partial charge in [-0.2, -0.15) is 0 Å². The van der Waals surface area contributed by atoms with Crippen LogP contribution in [0.15, 0.2) is 18.2 Å². The summed E-state index contributed by atoms with van der Waals surface area (Å²) in [6, 6.07) is 5.85. The lowest BCUT2D eigenvalue weighted by molar-refractivity contribution is 0.0168. The Labute approximate surface area is 102 Å². The van der Waals surface area contributed by atoms with E-state index in [0.29, 0.717) is 25.9 Å². The van der Waals surface area contributed by atoms with Crippen molar-refractivity contribution >= 4 is 0 Å². The van der Waals surface area contributed by atoms with Crippen LogP contribution in [0.3, 0.4) is 0 Å². The summed E-state index contributed by atoms with van der Waals surface area (Å²) in [6.07, 6.45) is 0.0976. The molecule has 0 bridgehead atoms. The predicted molar refractivity (Wildman–Crippen MR) is 65.0 cm³/mol. The molecule has 0 saturated heterocycles. The molecule has 2 rings (SSSR count). The molecule has 0 radical (unpaired) electrons. The second-order valence-electron chi connectivity index (χ2n) is 4.52. The van der Waals surface area contributed by atoms with Gasteiger partial charge in [-0.25, -0.2) is 0 Å². The fourth-order valence-corrected chi connectivity index (χ4v) is 1.77. The number of hydrogen-bond donors (Lipinski definition) is 1. The third-order valence-electron chi connectivity index (χ3n) is 2.88. The minimum atomic E-state index is 0.0976. The van der Waals surface area contributed by atoms with Crippen LogP contribution in [-0.2, 0) is 11.3 Å². The topological polar surface area (TPSA) is 53.7 Å². The maximum atomic E-state index is 5.78. The van der Waals surface area contributed by atoms with E-state index in [4.69, 9.17) is 19.9 Å². The van der Waals surface area contributed by atoms with Crippen molar-refractivity contribution in [3.63, 3.8) is 0 Å². The summed E-state index contributed by atoms with van der Waals surface area (Å²) in [5.74, 6) is 2.02. The van der Waals surface area contributed by atoms with E-state index in [9.17, 15) is 0 Å². The van der Waals surface area contributed by atoms with Gasteiger partial charge in [0.1, 0.15) is 0 Å². The second kappa shape index (κ2) is 5.38. The van der Waals surface area contributed by atoms with Gasteiger partial charge in [0.15, 0.2) is 11.5 Å². The molecule has 1 heterocycles. The van der Waals surface area contributed by atoms with E-state index in [1.165, 1.54) is 0 Å². The number of fused-ring (bicyclic) bond motifs is 1. The standard InChI is InChI=1S/C13H19NO3/c1-9(2)13(6-14)15-7-10-3-4-11-12(5-10)17-8-16-11/h3-5,9,13H,6-8,14H2,1-2H3. The van der Waals surface area contributed by atoms with Crippen LogP contribution in [0.2, 0.25) is 0 Å². The Morgan fingerprint density at radius 1 is 1.29 bits per heavy atom. The molecule has 0 aromatic heterocycles. The summed E-state index contributed by atoms with van der Waals surface area (Å²) in [4.78, 5) is 0. The molecular formula is C13H19NO3. The molecule has 1 atom stereocenters. The zero-order chi connectivity index (χ0) is 12.3. The van der Waals surface area contributed by atoms with E-state index < -0.39 is 0 Å². The third kappa shape index (κ3) is 2.90. The maximum absolute atomic E-state index is 5.78. The molecule has 2 N–H and O–H groups in total. The first kappa shape index (κ1) is 12.2. The van der Waals surface area contributed by atoms with Crippen LogP contribution in [0, 0.1) is 5.92 Å². The first-order valence-corrected chi connectivity index (χ1v) is 5.91. The highest BCUT2D eigenvalue weighted by Crippen LogP contribution is 2.32. The van der Waals surface area contributed by atoms with E-state index in [1.807, 2.05) is 18.2 Å². The average molecular weight is 237 g/mol. The largest absolute Gasteiger partial charge is 0.454 e. The molecule has 1 aliphatic heterocycles. The Hall–Kier alpha value is -1.26. The van der Waals surface area contributed by atoms with Gasteiger partial charge in [0.2, 0.25) is 6.79 Å². The molecule has 1 unspecified atom stereocenters. The zero-order valence-electron chi connectivity index (χ0n) is 10.3. The molecule has 4 heteroatoms. The monoisotopic (exact) mass is 237 g/mol. The van der Waals surface area contributed by atoms with E-state index in [-0.39, 0.29) is 6.10 Å². The number of ether oxygens (including phenoxy) is 3. The molecule has 4 nitrogen and oxygen atoms in total. The minimum Gasteiger partial charge on any atom is -0.454 e. The molecule has 17 heavy (non-hydrogen) atoms. The molecule has 0 saturated carbocycles. The Kier molecular flexibility index (Phi) is 3.86. The molecule has 0 amide bonds. The van der Waals surface area contributed by atoms with Crippen LogP contribution in [0.1, 0.15) is 19.4 Å². The van der Waals surface area contributed by atoms with Crippen LogP contribution in [-0.4, -0.2) is 19.4 Å². The average Bonchev–Trinajstić information content (AvgIpc) is 2.76. The van der Waals surface area contributed by atoms with Crippen LogP contribution in [0.5, 0.6) is 11.5 Å². The van der Waals surface area contributed by atoms with Gasteiger partial charge in [0.25, 0.3) is 0 Å². The minimum absolute atomic E-state index is 0.0976.